The molecule has 0 aromatic heterocycles. The molecule has 3 N–H and O–H groups in total. The van der Waals surface area contributed by atoms with Crippen LogP contribution in [0.3, 0.4) is 0 Å². The second-order valence-corrected chi connectivity index (χ2v) is 4.10. The first-order valence-electron chi connectivity index (χ1n) is 5.99. The highest BCUT2D eigenvalue weighted by Crippen LogP contribution is 2.12. The summed E-state index contributed by atoms with van der Waals surface area (Å²) in [6, 6.07) is 5.39. The average Bonchev–Trinajstić information content (AvgIpc) is 2.44. The van der Waals surface area contributed by atoms with Crippen LogP contribution in [-0.2, 0) is 14.4 Å². The molecule has 0 fully saturated rings. The van der Waals surface area contributed by atoms with Gasteiger partial charge in [-0.2, -0.15) is 0 Å². The van der Waals surface area contributed by atoms with Gasteiger partial charge < -0.3 is 20.3 Å². The van der Waals surface area contributed by atoms with E-state index in [9.17, 15) is 14.4 Å². The largest absolute Gasteiger partial charge is 0.497 e. The standard InChI is InChI=1S/C14H15NO6/c1-21-10-5-2-9(3-6-10)4-7-12(16)15-11(14(19)20)8-13(17)18/h2-7,11H,8H2,1H3,(H,15,16)(H,17,18)(H,19,20)/b7-4+. The fraction of sp³-hybridized carbons (Fsp3) is 0.214. The van der Waals surface area contributed by atoms with Gasteiger partial charge in [-0.15, -0.1) is 0 Å². The van der Waals surface area contributed by atoms with E-state index < -0.39 is 30.3 Å². The number of hydrogen-bond donors (Lipinski definition) is 3. The molecule has 1 unspecified atom stereocenters. The van der Waals surface area contributed by atoms with Crippen molar-refractivity contribution in [3.63, 3.8) is 0 Å². The second-order valence-electron chi connectivity index (χ2n) is 4.10. The van der Waals surface area contributed by atoms with Crippen LogP contribution in [-0.4, -0.2) is 41.2 Å². The summed E-state index contributed by atoms with van der Waals surface area (Å²) >= 11 is 0. The molecular formula is C14H15NO6. The molecule has 1 aromatic rings. The van der Waals surface area contributed by atoms with E-state index in [-0.39, 0.29) is 0 Å². The number of hydrogen-bond acceptors (Lipinski definition) is 4. The average molecular weight is 293 g/mol. The summed E-state index contributed by atoms with van der Waals surface area (Å²) in [5.74, 6) is -2.71. The molecule has 0 spiro atoms. The molecule has 1 aromatic carbocycles. The summed E-state index contributed by atoms with van der Waals surface area (Å²) in [4.78, 5) is 32.8. The van der Waals surface area contributed by atoms with Crippen molar-refractivity contribution in [1.29, 1.82) is 0 Å². The highest BCUT2D eigenvalue weighted by Gasteiger charge is 2.21. The first kappa shape index (κ1) is 16.2. The maximum atomic E-state index is 11.6. The Balaban J connectivity index is 2.63. The first-order chi connectivity index (χ1) is 9.92. The van der Waals surface area contributed by atoms with Crippen molar-refractivity contribution in [3.05, 3.63) is 35.9 Å². The van der Waals surface area contributed by atoms with Crippen LogP contribution in [0, 0.1) is 0 Å². The van der Waals surface area contributed by atoms with Crippen LogP contribution in [0.5, 0.6) is 5.75 Å². The number of aliphatic carboxylic acids is 2. The zero-order valence-electron chi connectivity index (χ0n) is 11.3. The third-order valence-corrected chi connectivity index (χ3v) is 2.54. The summed E-state index contributed by atoms with van der Waals surface area (Å²) in [5, 5.41) is 19.5. The normalized spacial score (nSPS) is 11.9. The van der Waals surface area contributed by atoms with Crippen LogP contribution in [0.4, 0.5) is 0 Å². The Kier molecular flexibility index (Phi) is 5.94. The summed E-state index contributed by atoms with van der Waals surface area (Å²) in [6.07, 6.45) is 1.94. The zero-order chi connectivity index (χ0) is 15.8. The van der Waals surface area contributed by atoms with E-state index in [1.54, 1.807) is 24.3 Å². The summed E-state index contributed by atoms with van der Waals surface area (Å²) in [6.45, 7) is 0. The van der Waals surface area contributed by atoms with Crippen molar-refractivity contribution in [2.45, 2.75) is 12.5 Å². The minimum Gasteiger partial charge on any atom is -0.497 e. The molecule has 21 heavy (non-hydrogen) atoms. The summed E-state index contributed by atoms with van der Waals surface area (Å²) in [5.41, 5.74) is 0.719. The number of benzene rings is 1. The van der Waals surface area contributed by atoms with Crippen molar-refractivity contribution in [2.24, 2.45) is 0 Å². The molecule has 1 atom stereocenters. The molecule has 1 amide bonds. The number of methoxy groups -OCH3 is 1. The van der Waals surface area contributed by atoms with Crippen LogP contribution < -0.4 is 10.1 Å². The number of carbonyl (C=O) groups excluding carboxylic acids is 1. The molecular weight excluding hydrogens is 278 g/mol. The predicted octanol–water partition coefficient (Wildman–Crippen LogP) is 0.752. The lowest BCUT2D eigenvalue weighted by molar-refractivity contribution is -0.146. The van der Waals surface area contributed by atoms with Gasteiger partial charge in [0.05, 0.1) is 13.5 Å². The van der Waals surface area contributed by atoms with E-state index in [4.69, 9.17) is 14.9 Å². The Morgan fingerprint density at radius 1 is 1.24 bits per heavy atom. The number of carbonyl (C=O) groups is 3. The lowest BCUT2D eigenvalue weighted by Gasteiger charge is -2.10. The zero-order valence-corrected chi connectivity index (χ0v) is 11.3. The molecule has 0 aliphatic rings. The lowest BCUT2D eigenvalue weighted by atomic mass is 10.2. The molecule has 0 heterocycles. The molecule has 7 heteroatoms. The van der Waals surface area contributed by atoms with Gasteiger partial charge in [-0.25, -0.2) is 4.79 Å². The fourth-order valence-corrected chi connectivity index (χ4v) is 1.48. The smallest absolute Gasteiger partial charge is 0.326 e. The Labute approximate surface area is 120 Å². The van der Waals surface area contributed by atoms with Gasteiger partial charge in [0.15, 0.2) is 0 Å². The topological polar surface area (TPSA) is 113 Å². The van der Waals surface area contributed by atoms with E-state index in [0.29, 0.717) is 5.75 Å². The van der Waals surface area contributed by atoms with E-state index in [1.165, 1.54) is 13.2 Å². The molecule has 0 bridgehead atoms. The lowest BCUT2D eigenvalue weighted by Crippen LogP contribution is -2.41. The van der Waals surface area contributed by atoms with Crippen LogP contribution in [0.15, 0.2) is 30.3 Å². The third-order valence-electron chi connectivity index (χ3n) is 2.54. The number of ether oxygens (including phenoxy) is 1. The summed E-state index contributed by atoms with van der Waals surface area (Å²) in [7, 11) is 1.53. The SMILES string of the molecule is COc1ccc(/C=C/C(=O)NC(CC(=O)O)C(=O)O)cc1. The quantitative estimate of drug-likeness (QED) is 0.639. The highest BCUT2D eigenvalue weighted by molar-refractivity contribution is 5.95. The van der Waals surface area contributed by atoms with Gasteiger partial charge >= 0.3 is 11.9 Å². The van der Waals surface area contributed by atoms with Crippen molar-refractivity contribution in [3.8, 4) is 5.75 Å². The maximum Gasteiger partial charge on any atom is 0.326 e. The predicted molar refractivity (Wildman–Crippen MR) is 73.8 cm³/mol. The van der Waals surface area contributed by atoms with Crippen molar-refractivity contribution in [1.82, 2.24) is 5.32 Å². The van der Waals surface area contributed by atoms with E-state index in [2.05, 4.69) is 5.32 Å². The Morgan fingerprint density at radius 3 is 2.33 bits per heavy atom. The molecule has 0 aliphatic heterocycles. The minimum absolute atomic E-state index is 0.670. The molecule has 7 nitrogen and oxygen atoms in total. The number of amides is 1. The molecule has 0 aliphatic carbocycles. The van der Waals surface area contributed by atoms with Crippen LogP contribution in [0.2, 0.25) is 0 Å². The number of carboxylic acids is 2. The molecule has 112 valence electrons. The van der Waals surface area contributed by atoms with Gasteiger partial charge in [0.25, 0.3) is 0 Å². The van der Waals surface area contributed by atoms with Crippen LogP contribution in [0.1, 0.15) is 12.0 Å². The van der Waals surface area contributed by atoms with Gasteiger partial charge in [0, 0.05) is 6.08 Å². The second kappa shape index (κ2) is 7.68. The molecule has 0 saturated heterocycles. The first-order valence-corrected chi connectivity index (χ1v) is 5.99. The number of nitrogens with one attached hydrogen (secondary N) is 1. The van der Waals surface area contributed by atoms with Gasteiger partial charge in [0.2, 0.25) is 5.91 Å². The van der Waals surface area contributed by atoms with Crippen LogP contribution >= 0.6 is 0 Å². The minimum atomic E-state index is -1.46. The van der Waals surface area contributed by atoms with Gasteiger partial charge in [-0.05, 0) is 23.8 Å². The Morgan fingerprint density at radius 2 is 1.86 bits per heavy atom. The molecule has 1 rings (SSSR count). The van der Waals surface area contributed by atoms with E-state index in [1.807, 2.05) is 0 Å². The van der Waals surface area contributed by atoms with Crippen molar-refractivity contribution < 1.29 is 29.3 Å². The monoisotopic (exact) mass is 293 g/mol. The van der Waals surface area contributed by atoms with Gasteiger partial charge in [-0.3, -0.25) is 9.59 Å². The van der Waals surface area contributed by atoms with E-state index >= 15 is 0 Å². The number of carboxylic acid groups (broad SMARTS) is 2. The van der Waals surface area contributed by atoms with E-state index in [0.717, 1.165) is 11.6 Å². The molecule has 0 saturated carbocycles. The fourth-order valence-electron chi connectivity index (χ4n) is 1.48. The van der Waals surface area contributed by atoms with Gasteiger partial charge in [0.1, 0.15) is 11.8 Å². The summed E-state index contributed by atoms with van der Waals surface area (Å²) < 4.78 is 4.99. The Bertz CT molecular complexity index is 549. The highest BCUT2D eigenvalue weighted by atomic mass is 16.5. The maximum absolute atomic E-state index is 11.6. The third kappa shape index (κ3) is 5.77. The number of rotatable bonds is 7. The van der Waals surface area contributed by atoms with Gasteiger partial charge in [-0.1, -0.05) is 12.1 Å². The van der Waals surface area contributed by atoms with Crippen molar-refractivity contribution >= 4 is 23.9 Å². The Hall–Kier alpha value is -2.83. The van der Waals surface area contributed by atoms with Crippen molar-refractivity contribution in [2.75, 3.05) is 7.11 Å². The molecule has 0 radical (unpaired) electrons. The van der Waals surface area contributed by atoms with Crippen LogP contribution in [0.25, 0.3) is 6.08 Å².